The van der Waals surface area contributed by atoms with E-state index >= 15 is 0 Å². The van der Waals surface area contributed by atoms with Crippen LogP contribution >= 0.6 is 0 Å². The van der Waals surface area contributed by atoms with E-state index in [1.165, 1.54) is 12.1 Å². The first-order valence-corrected chi connectivity index (χ1v) is 6.12. The maximum atomic E-state index is 12.8. The van der Waals surface area contributed by atoms with Crippen molar-refractivity contribution in [2.45, 2.75) is 24.7 Å². The lowest BCUT2D eigenvalue weighted by atomic mass is 10.0. The summed E-state index contributed by atoms with van der Waals surface area (Å²) in [5.41, 5.74) is -1.43. The third-order valence-electron chi connectivity index (χ3n) is 3.12. The predicted molar refractivity (Wildman–Crippen MR) is 64.1 cm³/mol. The van der Waals surface area contributed by atoms with Crippen molar-refractivity contribution >= 4 is 5.91 Å². The van der Waals surface area contributed by atoms with E-state index in [4.69, 9.17) is 4.74 Å². The molecular formula is C13H14F3NO3. The van der Waals surface area contributed by atoms with Gasteiger partial charge in [-0.1, -0.05) is 12.1 Å². The number of amides is 1. The normalized spacial score (nSPS) is 23.4. The van der Waals surface area contributed by atoms with Crippen LogP contribution in [-0.2, 0) is 10.9 Å². The van der Waals surface area contributed by atoms with E-state index in [9.17, 15) is 23.1 Å². The molecule has 1 heterocycles. The number of hydrogen-bond donors (Lipinski definition) is 2. The Morgan fingerprint density at radius 1 is 1.35 bits per heavy atom. The van der Waals surface area contributed by atoms with Crippen molar-refractivity contribution in [2.24, 2.45) is 0 Å². The van der Waals surface area contributed by atoms with E-state index in [2.05, 4.69) is 5.32 Å². The SMILES string of the molecule is O=C(N[C@@H]1CCOC[C@H]1O)c1ccccc1C(F)(F)F. The maximum Gasteiger partial charge on any atom is 0.417 e. The Balaban J connectivity index is 2.17. The summed E-state index contributed by atoms with van der Waals surface area (Å²) in [5, 5.41) is 12.1. The van der Waals surface area contributed by atoms with Crippen molar-refractivity contribution in [2.75, 3.05) is 13.2 Å². The average Bonchev–Trinajstić information content (AvgIpc) is 2.40. The van der Waals surface area contributed by atoms with Crippen molar-refractivity contribution < 1.29 is 27.8 Å². The maximum absolute atomic E-state index is 12.8. The monoisotopic (exact) mass is 289 g/mol. The predicted octanol–water partition coefficient (Wildman–Crippen LogP) is 1.58. The van der Waals surface area contributed by atoms with Crippen LogP contribution in [0.25, 0.3) is 0 Å². The number of alkyl halides is 3. The highest BCUT2D eigenvalue weighted by molar-refractivity contribution is 5.96. The van der Waals surface area contributed by atoms with Crippen LogP contribution < -0.4 is 5.32 Å². The largest absolute Gasteiger partial charge is 0.417 e. The number of nitrogens with one attached hydrogen (secondary N) is 1. The first-order chi connectivity index (χ1) is 9.39. The molecule has 0 radical (unpaired) electrons. The van der Waals surface area contributed by atoms with Gasteiger partial charge in [0.25, 0.3) is 5.91 Å². The van der Waals surface area contributed by atoms with Crippen LogP contribution in [-0.4, -0.2) is 36.4 Å². The summed E-state index contributed by atoms with van der Waals surface area (Å²) in [6.45, 7) is 0.411. The van der Waals surface area contributed by atoms with E-state index in [0.717, 1.165) is 12.1 Å². The van der Waals surface area contributed by atoms with Gasteiger partial charge in [-0.25, -0.2) is 0 Å². The third kappa shape index (κ3) is 3.29. The molecule has 1 aliphatic rings. The second-order valence-electron chi connectivity index (χ2n) is 4.55. The lowest BCUT2D eigenvalue weighted by Gasteiger charge is -2.28. The molecular weight excluding hydrogens is 275 g/mol. The van der Waals surface area contributed by atoms with Crippen LogP contribution in [0.3, 0.4) is 0 Å². The van der Waals surface area contributed by atoms with Crippen molar-refractivity contribution in [3.8, 4) is 0 Å². The molecule has 1 saturated heterocycles. The highest BCUT2D eigenvalue weighted by Crippen LogP contribution is 2.31. The molecule has 1 fully saturated rings. The van der Waals surface area contributed by atoms with Gasteiger partial charge in [0.2, 0.25) is 0 Å². The first kappa shape index (κ1) is 14.8. The molecule has 0 aliphatic carbocycles. The van der Waals surface area contributed by atoms with Crippen LogP contribution in [0.15, 0.2) is 24.3 Å². The van der Waals surface area contributed by atoms with E-state index < -0.39 is 35.4 Å². The van der Waals surface area contributed by atoms with Gasteiger partial charge in [0.1, 0.15) is 0 Å². The van der Waals surface area contributed by atoms with Gasteiger partial charge < -0.3 is 15.2 Å². The zero-order valence-electron chi connectivity index (χ0n) is 10.5. The molecule has 110 valence electrons. The second-order valence-corrected chi connectivity index (χ2v) is 4.55. The number of hydrogen-bond acceptors (Lipinski definition) is 3. The topological polar surface area (TPSA) is 58.6 Å². The van der Waals surface area contributed by atoms with Gasteiger partial charge in [0, 0.05) is 6.61 Å². The Labute approximate surface area is 113 Å². The number of rotatable bonds is 2. The summed E-state index contributed by atoms with van der Waals surface area (Å²) < 4.78 is 43.4. The minimum Gasteiger partial charge on any atom is -0.389 e. The van der Waals surface area contributed by atoms with Crippen molar-refractivity contribution in [3.05, 3.63) is 35.4 Å². The number of carbonyl (C=O) groups excluding carboxylic acids is 1. The van der Waals surface area contributed by atoms with Gasteiger partial charge >= 0.3 is 6.18 Å². The number of halogens is 3. The highest BCUT2D eigenvalue weighted by atomic mass is 19.4. The van der Waals surface area contributed by atoms with Gasteiger partial charge in [0.15, 0.2) is 0 Å². The van der Waals surface area contributed by atoms with Crippen LogP contribution in [0.1, 0.15) is 22.3 Å². The minimum atomic E-state index is -4.60. The van der Waals surface area contributed by atoms with Crippen molar-refractivity contribution in [3.63, 3.8) is 0 Å². The summed E-state index contributed by atoms with van der Waals surface area (Å²) in [7, 11) is 0. The van der Waals surface area contributed by atoms with E-state index in [0.29, 0.717) is 13.0 Å². The molecule has 1 aliphatic heterocycles. The number of ether oxygens (including phenoxy) is 1. The molecule has 7 heteroatoms. The smallest absolute Gasteiger partial charge is 0.389 e. The summed E-state index contributed by atoms with van der Waals surface area (Å²) in [6.07, 6.45) is -5.14. The fraction of sp³-hybridized carbons (Fsp3) is 0.462. The Kier molecular flexibility index (Phi) is 4.29. The fourth-order valence-corrected chi connectivity index (χ4v) is 2.07. The summed E-state index contributed by atoms with van der Waals surface area (Å²) >= 11 is 0. The molecule has 4 nitrogen and oxygen atoms in total. The van der Waals surface area contributed by atoms with E-state index in [1.54, 1.807) is 0 Å². The molecule has 0 spiro atoms. The zero-order chi connectivity index (χ0) is 14.8. The standard InChI is InChI=1S/C13H14F3NO3/c14-13(15,16)9-4-2-1-3-8(9)12(19)17-10-5-6-20-7-11(10)18/h1-4,10-11,18H,5-7H2,(H,17,19)/t10-,11-/m1/s1. The van der Waals surface area contributed by atoms with Gasteiger partial charge in [-0.05, 0) is 18.6 Å². The number of carbonyl (C=O) groups is 1. The number of aliphatic hydroxyl groups excluding tert-OH is 1. The average molecular weight is 289 g/mol. The third-order valence-corrected chi connectivity index (χ3v) is 3.12. The van der Waals surface area contributed by atoms with Crippen LogP contribution in [0.5, 0.6) is 0 Å². The Morgan fingerprint density at radius 3 is 2.70 bits per heavy atom. The highest BCUT2D eigenvalue weighted by Gasteiger charge is 2.35. The molecule has 0 unspecified atom stereocenters. The minimum absolute atomic E-state index is 0.0614. The quantitative estimate of drug-likeness (QED) is 0.869. The van der Waals surface area contributed by atoms with E-state index in [-0.39, 0.29) is 6.61 Å². The molecule has 1 amide bonds. The Morgan fingerprint density at radius 2 is 2.05 bits per heavy atom. The molecule has 0 bridgehead atoms. The Hall–Kier alpha value is -1.60. The van der Waals surface area contributed by atoms with Crippen molar-refractivity contribution in [1.82, 2.24) is 5.32 Å². The number of aliphatic hydroxyl groups is 1. The second kappa shape index (κ2) is 5.80. The lowest BCUT2D eigenvalue weighted by Crippen LogP contribution is -2.49. The molecule has 0 aromatic heterocycles. The van der Waals surface area contributed by atoms with Gasteiger partial charge in [-0.2, -0.15) is 13.2 Å². The molecule has 1 aromatic rings. The van der Waals surface area contributed by atoms with E-state index in [1.807, 2.05) is 0 Å². The van der Waals surface area contributed by atoms with Crippen molar-refractivity contribution in [1.29, 1.82) is 0 Å². The molecule has 2 N–H and O–H groups in total. The Bertz CT molecular complexity index is 490. The van der Waals surface area contributed by atoms with Crippen LogP contribution in [0.2, 0.25) is 0 Å². The molecule has 2 rings (SSSR count). The summed E-state index contributed by atoms with van der Waals surface area (Å²) in [5.74, 6) is -0.844. The summed E-state index contributed by atoms with van der Waals surface area (Å²) in [4.78, 5) is 12.0. The fourth-order valence-electron chi connectivity index (χ4n) is 2.07. The molecule has 20 heavy (non-hydrogen) atoms. The molecule has 2 atom stereocenters. The first-order valence-electron chi connectivity index (χ1n) is 6.12. The zero-order valence-corrected chi connectivity index (χ0v) is 10.5. The van der Waals surface area contributed by atoms with Gasteiger partial charge in [-0.3, -0.25) is 4.79 Å². The van der Waals surface area contributed by atoms with Gasteiger partial charge in [-0.15, -0.1) is 0 Å². The number of benzene rings is 1. The van der Waals surface area contributed by atoms with Crippen LogP contribution in [0.4, 0.5) is 13.2 Å². The lowest BCUT2D eigenvalue weighted by molar-refractivity contribution is -0.138. The van der Waals surface area contributed by atoms with Gasteiger partial charge in [0.05, 0.1) is 29.9 Å². The molecule has 0 saturated carbocycles. The summed E-state index contributed by atoms with van der Waals surface area (Å²) in [6, 6.07) is 3.96. The molecule has 1 aromatic carbocycles. The van der Waals surface area contributed by atoms with Crippen LogP contribution in [0, 0.1) is 0 Å².